The van der Waals surface area contributed by atoms with Crippen molar-refractivity contribution in [2.75, 3.05) is 0 Å². The van der Waals surface area contributed by atoms with Crippen molar-refractivity contribution >= 4 is 40.4 Å². The third-order valence-corrected chi connectivity index (χ3v) is 4.23. The Balaban J connectivity index is 1.89. The molecule has 3 rings (SSSR count). The zero-order chi connectivity index (χ0) is 14.8. The number of pyridine rings is 1. The van der Waals surface area contributed by atoms with Crippen LogP contribution < -0.4 is 0 Å². The van der Waals surface area contributed by atoms with E-state index in [0.717, 1.165) is 16.6 Å². The Hall–Kier alpha value is -1.97. The van der Waals surface area contributed by atoms with Crippen LogP contribution in [0.4, 0.5) is 5.69 Å². The number of thiophene rings is 1. The Bertz CT molecular complexity index is 791. The van der Waals surface area contributed by atoms with E-state index in [9.17, 15) is 10.1 Å². The van der Waals surface area contributed by atoms with Gasteiger partial charge >= 0.3 is 5.69 Å². The quantitative estimate of drug-likeness (QED) is 0.524. The molecule has 0 aliphatic rings. The molecule has 0 spiro atoms. The van der Waals surface area contributed by atoms with Crippen molar-refractivity contribution in [2.24, 2.45) is 0 Å². The van der Waals surface area contributed by atoms with Crippen LogP contribution in [0.1, 0.15) is 0 Å². The molecule has 106 valence electrons. The van der Waals surface area contributed by atoms with Crippen molar-refractivity contribution in [1.29, 1.82) is 0 Å². The van der Waals surface area contributed by atoms with E-state index >= 15 is 0 Å². The molecule has 0 aliphatic carbocycles. The third kappa shape index (κ3) is 3.04. The molecule has 0 fully saturated rings. The molecule has 0 saturated carbocycles. The standard InChI is InChI=1S/C11H5ClN4O3S2/c12-6-4-7(16(17)18)10(13-5-6)21-11-15-14-9(19-11)8-2-1-3-20-8/h1-5H. The zero-order valence-electron chi connectivity index (χ0n) is 10.1. The van der Waals surface area contributed by atoms with E-state index in [0.29, 0.717) is 5.89 Å². The molecule has 3 heterocycles. The topological polar surface area (TPSA) is 95.0 Å². The average Bonchev–Trinajstić information content (AvgIpc) is 3.11. The Labute approximate surface area is 131 Å². The second-order valence-electron chi connectivity index (χ2n) is 3.69. The third-order valence-electron chi connectivity index (χ3n) is 2.32. The molecule has 0 N–H and O–H groups in total. The SMILES string of the molecule is O=[N+]([O-])c1cc(Cl)cnc1Sc1nnc(-c2cccs2)o1. The van der Waals surface area contributed by atoms with Gasteiger partial charge in [-0.25, -0.2) is 4.98 Å². The highest BCUT2D eigenvalue weighted by atomic mass is 35.5. The Kier molecular flexibility index (Phi) is 3.86. The van der Waals surface area contributed by atoms with Gasteiger partial charge < -0.3 is 4.42 Å². The Morgan fingerprint density at radius 1 is 1.43 bits per heavy atom. The van der Waals surface area contributed by atoms with Crippen LogP contribution in [0.25, 0.3) is 10.8 Å². The normalized spacial score (nSPS) is 10.7. The number of nitrogens with zero attached hydrogens (tertiary/aromatic N) is 4. The molecule has 0 saturated heterocycles. The molecule has 0 aromatic carbocycles. The highest BCUT2D eigenvalue weighted by Gasteiger charge is 2.20. The summed E-state index contributed by atoms with van der Waals surface area (Å²) in [7, 11) is 0. The van der Waals surface area contributed by atoms with E-state index in [2.05, 4.69) is 15.2 Å². The van der Waals surface area contributed by atoms with Crippen molar-refractivity contribution in [1.82, 2.24) is 15.2 Å². The molecule has 3 aromatic rings. The van der Waals surface area contributed by atoms with Gasteiger partial charge in [-0.2, -0.15) is 0 Å². The van der Waals surface area contributed by atoms with Crippen LogP contribution in [0.2, 0.25) is 5.02 Å². The van der Waals surface area contributed by atoms with E-state index in [1.165, 1.54) is 23.6 Å². The average molecular weight is 341 g/mol. The summed E-state index contributed by atoms with van der Waals surface area (Å²) in [6.07, 6.45) is 1.33. The maximum Gasteiger partial charge on any atom is 0.303 e. The fourth-order valence-electron chi connectivity index (χ4n) is 1.46. The molecule has 0 aliphatic heterocycles. The number of halogens is 1. The van der Waals surface area contributed by atoms with Gasteiger partial charge in [0, 0.05) is 12.3 Å². The molecule has 0 unspecified atom stereocenters. The number of hydrogen-bond donors (Lipinski definition) is 0. The first-order valence-corrected chi connectivity index (χ1v) is 7.56. The maximum atomic E-state index is 11.0. The van der Waals surface area contributed by atoms with E-state index in [1.54, 1.807) is 0 Å². The lowest BCUT2D eigenvalue weighted by molar-refractivity contribution is -0.388. The number of hydrogen-bond acceptors (Lipinski definition) is 8. The van der Waals surface area contributed by atoms with Crippen LogP contribution in [0, 0.1) is 10.1 Å². The van der Waals surface area contributed by atoms with Crippen LogP contribution >= 0.6 is 34.7 Å². The molecule has 0 atom stereocenters. The van der Waals surface area contributed by atoms with Crippen molar-refractivity contribution in [3.63, 3.8) is 0 Å². The highest BCUT2D eigenvalue weighted by Crippen LogP contribution is 2.35. The molecule has 21 heavy (non-hydrogen) atoms. The monoisotopic (exact) mass is 340 g/mol. The summed E-state index contributed by atoms with van der Waals surface area (Å²) < 4.78 is 5.45. The van der Waals surface area contributed by atoms with Crippen molar-refractivity contribution in [2.45, 2.75) is 10.2 Å². The van der Waals surface area contributed by atoms with Gasteiger partial charge in [0.1, 0.15) is 0 Å². The van der Waals surface area contributed by atoms with Crippen LogP contribution in [-0.4, -0.2) is 20.1 Å². The highest BCUT2D eigenvalue weighted by molar-refractivity contribution is 7.99. The van der Waals surface area contributed by atoms with Gasteiger partial charge in [-0.1, -0.05) is 17.7 Å². The van der Waals surface area contributed by atoms with E-state index in [-0.39, 0.29) is 21.0 Å². The summed E-state index contributed by atoms with van der Waals surface area (Å²) in [6, 6.07) is 4.94. The zero-order valence-corrected chi connectivity index (χ0v) is 12.5. The number of aromatic nitrogens is 3. The minimum Gasteiger partial charge on any atom is -0.410 e. The Morgan fingerprint density at radius 3 is 3.00 bits per heavy atom. The van der Waals surface area contributed by atoms with Crippen LogP contribution in [0.15, 0.2) is 44.4 Å². The lowest BCUT2D eigenvalue weighted by Crippen LogP contribution is -1.93. The van der Waals surface area contributed by atoms with E-state index < -0.39 is 4.92 Å². The van der Waals surface area contributed by atoms with Crippen molar-refractivity contribution < 1.29 is 9.34 Å². The van der Waals surface area contributed by atoms with Gasteiger partial charge in [-0.15, -0.1) is 21.5 Å². The van der Waals surface area contributed by atoms with Gasteiger partial charge in [0.25, 0.3) is 11.1 Å². The van der Waals surface area contributed by atoms with E-state index in [1.807, 2.05) is 17.5 Å². The first kappa shape index (κ1) is 14.0. The van der Waals surface area contributed by atoms with E-state index in [4.69, 9.17) is 16.0 Å². The first-order chi connectivity index (χ1) is 10.1. The molecule has 0 bridgehead atoms. The Morgan fingerprint density at radius 2 is 2.29 bits per heavy atom. The second kappa shape index (κ2) is 5.80. The fraction of sp³-hybridized carbons (Fsp3) is 0. The number of nitro groups is 1. The minimum atomic E-state index is -0.558. The smallest absolute Gasteiger partial charge is 0.303 e. The maximum absolute atomic E-state index is 11.0. The summed E-state index contributed by atoms with van der Waals surface area (Å²) in [5.74, 6) is 0.365. The molecule has 7 nitrogen and oxygen atoms in total. The molecular formula is C11H5ClN4O3S2. The first-order valence-electron chi connectivity index (χ1n) is 5.48. The van der Waals surface area contributed by atoms with Gasteiger partial charge in [0.2, 0.25) is 0 Å². The fourth-order valence-corrected chi connectivity index (χ4v) is 2.97. The predicted molar refractivity (Wildman–Crippen MR) is 77.6 cm³/mol. The summed E-state index contributed by atoms with van der Waals surface area (Å²) in [6.45, 7) is 0. The molecule has 0 amide bonds. The predicted octanol–water partition coefficient (Wildman–Crippen LogP) is 3.91. The molecular weight excluding hydrogens is 336 g/mol. The van der Waals surface area contributed by atoms with Crippen LogP contribution in [0.3, 0.4) is 0 Å². The van der Waals surface area contributed by atoms with Gasteiger partial charge in [-0.05, 0) is 23.2 Å². The molecule has 0 radical (unpaired) electrons. The van der Waals surface area contributed by atoms with Gasteiger partial charge in [0.05, 0.1) is 14.8 Å². The summed E-state index contributed by atoms with van der Waals surface area (Å²) in [4.78, 5) is 15.2. The lowest BCUT2D eigenvalue weighted by atomic mass is 10.4. The molecule has 10 heteroatoms. The lowest BCUT2D eigenvalue weighted by Gasteiger charge is -1.98. The van der Waals surface area contributed by atoms with Crippen molar-refractivity contribution in [3.8, 4) is 10.8 Å². The summed E-state index contributed by atoms with van der Waals surface area (Å²) in [5.41, 5.74) is -0.205. The van der Waals surface area contributed by atoms with Crippen LogP contribution in [-0.2, 0) is 0 Å². The largest absolute Gasteiger partial charge is 0.410 e. The minimum absolute atomic E-state index is 0.144. The molecule has 3 aromatic heterocycles. The van der Waals surface area contributed by atoms with Crippen LogP contribution in [0.5, 0.6) is 0 Å². The second-order valence-corrected chi connectivity index (χ2v) is 6.01. The van der Waals surface area contributed by atoms with Crippen molar-refractivity contribution in [3.05, 3.63) is 44.9 Å². The van der Waals surface area contributed by atoms with Gasteiger partial charge in [0.15, 0.2) is 5.03 Å². The summed E-state index contributed by atoms with van der Waals surface area (Å²) >= 11 is 8.09. The number of rotatable bonds is 4. The van der Waals surface area contributed by atoms with Gasteiger partial charge in [-0.3, -0.25) is 10.1 Å². The summed E-state index contributed by atoms with van der Waals surface area (Å²) in [5, 5.41) is 21.1.